The molecule has 1 amide bonds. The molecule has 15 heavy (non-hydrogen) atoms. The molecule has 5 heteroatoms. The monoisotopic (exact) mass is 207 g/mol. The van der Waals surface area contributed by atoms with Gasteiger partial charge in [-0.05, 0) is 18.8 Å². The van der Waals surface area contributed by atoms with Crippen molar-refractivity contribution in [2.75, 3.05) is 6.54 Å². The molecule has 1 aliphatic rings. The first-order chi connectivity index (χ1) is 7.25. The second-order valence-corrected chi connectivity index (χ2v) is 3.79. The van der Waals surface area contributed by atoms with Crippen molar-refractivity contribution in [2.45, 2.75) is 18.9 Å². The number of amides is 1. The molecule has 5 nitrogen and oxygen atoms in total. The first-order valence-corrected chi connectivity index (χ1v) is 4.98. The SMILES string of the molecule is O=C(NCC1CC(O)C1)c1cnccn1. The molecule has 1 aromatic rings. The first-order valence-electron chi connectivity index (χ1n) is 4.98. The van der Waals surface area contributed by atoms with E-state index in [4.69, 9.17) is 5.11 Å². The molecule has 0 saturated heterocycles. The summed E-state index contributed by atoms with van der Waals surface area (Å²) in [5.41, 5.74) is 0.331. The van der Waals surface area contributed by atoms with E-state index in [2.05, 4.69) is 15.3 Å². The van der Waals surface area contributed by atoms with Crippen LogP contribution in [-0.4, -0.2) is 33.6 Å². The normalized spacial score (nSPS) is 24.3. The van der Waals surface area contributed by atoms with Crippen LogP contribution in [0, 0.1) is 5.92 Å². The highest BCUT2D eigenvalue weighted by Crippen LogP contribution is 2.26. The maximum absolute atomic E-state index is 11.5. The summed E-state index contributed by atoms with van der Waals surface area (Å²) in [6.07, 6.45) is 5.83. The topological polar surface area (TPSA) is 75.1 Å². The third-order valence-electron chi connectivity index (χ3n) is 2.56. The minimum absolute atomic E-state index is 0.177. The molecule has 80 valence electrons. The molecule has 0 aromatic carbocycles. The van der Waals surface area contributed by atoms with Gasteiger partial charge in [0.1, 0.15) is 5.69 Å². The standard InChI is InChI=1S/C10H13N3O2/c14-8-3-7(4-8)5-13-10(15)9-6-11-1-2-12-9/h1-2,6-8,14H,3-5H2,(H,13,15). The Labute approximate surface area is 87.6 Å². The number of hydrogen-bond donors (Lipinski definition) is 2. The number of aliphatic hydroxyl groups excluding tert-OH is 1. The Hall–Kier alpha value is -1.49. The number of carbonyl (C=O) groups is 1. The Morgan fingerprint density at radius 2 is 2.33 bits per heavy atom. The molecule has 2 rings (SSSR count). The van der Waals surface area contributed by atoms with E-state index in [9.17, 15) is 4.79 Å². The van der Waals surface area contributed by atoms with Crippen molar-refractivity contribution in [2.24, 2.45) is 5.92 Å². The zero-order valence-corrected chi connectivity index (χ0v) is 8.26. The lowest BCUT2D eigenvalue weighted by Gasteiger charge is -2.31. The molecule has 0 radical (unpaired) electrons. The van der Waals surface area contributed by atoms with E-state index in [1.165, 1.54) is 18.6 Å². The van der Waals surface area contributed by atoms with E-state index in [0.717, 1.165) is 12.8 Å². The molecule has 1 saturated carbocycles. The van der Waals surface area contributed by atoms with Crippen LogP contribution in [0.4, 0.5) is 0 Å². The fourth-order valence-corrected chi connectivity index (χ4v) is 1.61. The van der Waals surface area contributed by atoms with Gasteiger partial charge in [0.15, 0.2) is 0 Å². The molecule has 0 spiro atoms. The Bertz CT molecular complexity index is 336. The number of nitrogens with one attached hydrogen (secondary N) is 1. The largest absolute Gasteiger partial charge is 0.393 e. The lowest BCUT2D eigenvalue weighted by atomic mass is 9.82. The molecule has 1 aliphatic carbocycles. The van der Waals surface area contributed by atoms with E-state index < -0.39 is 0 Å². The van der Waals surface area contributed by atoms with Gasteiger partial charge in [0.2, 0.25) is 0 Å². The van der Waals surface area contributed by atoms with Crippen LogP contribution in [0.15, 0.2) is 18.6 Å². The summed E-state index contributed by atoms with van der Waals surface area (Å²) in [7, 11) is 0. The quantitative estimate of drug-likeness (QED) is 0.730. The van der Waals surface area contributed by atoms with Crippen LogP contribution in [0.25, 0.3) is 0 Å². The van der Waals surface area contributed by atoms with Gasteiger partial charge in [-0.3, -0.25) is 9.78 Å². The summed E-state index contributed by atoms with van der Waals surface area (Å²) >= 11 is 0. The highest BCUT2D eigenvalue weighted by atomic mass is 16.3. The van der Waals surface area contributed by atoms with Crippen molar-refractivity contribution < 1.29 is 9.90 Å². The second kappa shape index (κ2) is 4.35. The highest BCUT2D eigenvalue weighted by molar-refractivity contribution is 5.91. The van der Waals surface area contributed by atoms with E-state index in [1.807, 2.05) is 0 Å². The molecule has 1 heterocycles. The fraction of sp³-hybridized carbons (Fsp3) is 0.500. The van der Waals surface area contributed by atoms with Gasteiger partial charge in [-0.1, -0.05) is 0 Å². The first kappa shape index (κ1) is 10.0. The molecular weight excluding hydrogens is 194 g/mol. The Morgan fingerprint density at radius 1 is 1.53 bits per heavy atom. The minimum atomic E-state index is -0.204. The molecule has 1 fully saturated rings. The van der Waals surface area contributed by atoms with Crippen molar-refractivity contribution in [1.82, 2.24) is 15.3 Å². The Kier molecular flexibility index (Phi) is 2.91. The van der Waals surface area contributed by atoms with Crippen LogP contribution in [0.3, 0.4) is 0 Å². The lowest BCUT2D eigenvalue weighted by molar-refractivity contribution is 0.0419. The van der Waals surface area contributed by atoms with Crippen LogP contribution in [0.2, 0.25) is 0 Å². The summed E-state index contributed by atoms with van der Waals surface area (Å²) in [5.74, 6) is 0.199. The van der Waals surface area contributed by atoms with Crippen molar-refractivity contribution >= 4 is 5.91 Å². The maximum Gasteiger partial charge on any atom is 0.271 e. The van der Waals surface area contributed by atoms with Crippen molar-refractivity contribution in [3.63, 3.8) is 0 Å². The van der Waals surface area contributed by atoms with Gasteiger partial charge in [-0.15, -0.1) is 0 Å². The van der Waals surface area contributed by atoms with Crippen LogP contribution in [0.5, 0.6) is 0 Å². The van der Waals surface area contributed by atoms with Crippen molar-refractivity contribution in [1.29, 1.82) is 0 Å². The van der Waals surface area contributed by atoms with E-state index >= 15 is 0 Å². The average molecular weight is 207 g/mol. The smallest absolute Gasteiger partial charge is 0.271 e. The van der Waals surface area contributed by atoms with Gasteiger partial charge in [0.25, 0.3) is 5.91 Å². The summed E-state index contributed by atoms with van der Waals surface area (Å²) < 4.78 is 0. The fourth-order valence-electron chi connectivity index (χ4n) is 1.61. The predicted octanol–water partition coefficient (Wildman–Crippen LogP) is -0.0227. The third-order valence-corrected chi connectivity index (χ3v) is 2.56. The summed E-state index contributed by atoms with van der Waals surface area (Å²) in [6.45, 7) is 0.604. The molecule has 0 atom stereocenters. The maximum atomic E-state index is 11.5. The van der Waals surface area contributed by atoms with E-state index in [0.29, 0.717) is 18.2 Å². The van der Waals surface area contributed by atoms with Gasteiger partial charge < -0.3 is 10.4 Å². The summed E-state index contributed by atoms with van der Waals surface area (Å²) in [5, 5.41) is 11.8. The Balaban J connectivity index is 1.78. The number of hydrogen-bond acceptors (Lipinski definition) is 4. The number of aliphatic hydroxyl groups is 1. The van der Waals surface area contributed by atoms with Gasteiger partial charge in [-0.25, -0.2) is 4.98 Å². The number of nitrogens with zero attached hydrogens (tertiary/aromatic N) is 2. The summed E-state index contributed by atoms with van der Waals surface area (Å²) in [6, 6.07) is 0. The van der Waals surface area contributed by atoms with Crippen LogP contribution >= 0.6 is 0 Å². The molecule has 0 unspecified atom stereocenters. The molecule has 0 bridgehead atoms. The second-order valence-electron chi connectivity index (χ2n) is 3.79. The average Bonchev–Trinajstić information content (AvgIpc) is 2.23. The van der Waals surface area contributed by atoms with Crippen molar-refractivity contribution in [3.05, 3.63) is 24.3 Å². The molecule has 0 aliphatic heterocycles. The molecule has 2 N–H and O–H groups in total. The number of carbonyl (C=O) groups excluding carboxylic acids is 1. The molecule has 1 aromatic heterocycles. The highest BCUT2D eigenvalue weighted by Gasteiger charge is 2.27. The van der Waals surface area contributed by atoms with Crippen LogP contribution < -0.4 is 5.32 Å². The number of aromatic nitrogens is 2. The van der Waals surface area contributed by atoms with Gasteiger partial charge in [-0.2, -0.15) is 0 Å². The van der Waals surface area contributed by atoms with E-state index in [1.54, 1.807) is 0 Å². The van der Waals surface area contributed by atoms with Gasteiger partial charge in [0.05, 0.1) is 12.3 Å². The number of rotatable bonds is 3. The minimum Gasteiger partial charge on any atom is -0.393 e. The molecular formula is C10H13N3O2. The van der Waals surface area contributed by atoms with Gasteiger partial charge >= 0.3 is 0 Å². The van der Waals surface area contributed by atoms with Gasteiger partial charge in [0, 0.05) is 18.9 Å². The van der Waals surface area contributed by atoms with E-state index in [-0.39, 0.29) is 12.0 Å². The van der Waals surface area contributed by atoms with Crippen molar-refractivity contribution in [3.8, 4) is 0 Å². The third kappa shape index (κ3) is 2.50. The van der Waals surface area contributed by atoms with Crippen LogP contribution in [-0.2, 0) is 0 Å². The predicted molar refractivity (Wildman–Crippen MR) is 53.1 cm³/mol. The lowest BCUT2D eigenvalue weighted by Crippen LogP contribution is -2.38. The van der Waals surface area contributed by atoms with Crippen LogP contribution in [0.1, 0.15) is 23.3 Å². The zero-order valence-electron chi connectivity index (χ0n) is 8.26. The zero-order chi connectivity index (χ0) is 10.7. The Morgan fingerprint density at radius 3 is 2.93 bits per heavy atom. The summed E-state index contributed by atoms with van der Waals surface area (Å²) in [4.78, 5) is 19.2.